The van der Waals surface area contributed by atoms with Crippen LogP contribution in [0.15, 0.2) is 24.3 Å². The largest absolute Gasteiger partial charge is 0.473 e. The van der Waals surface area contributed by atoms with Crippen LogP contribution in [0, 0.1) is 0 Å². The van der Waals surface area contributed by atoms with Crippen LogP contribution in [0.2, 0.25) is 0 Å². The van der Waals surface area contributed by atoms with Gasteiger partial charge in [-0.1, -0.05) is 38.3 Å². The maximum atomic E-state index is 11.9. The molecule has 114 valence electrons. The van der Waals surface area contributed by atoms with E-state index in [2.05, 4.69) is 11.7 Å². The Kier molecular flexibility index (Phi) is 6.94. The number of carboxylic acid groups (broad SMARTS) is 1. The highest BCUT2D eigenvalue weighted by Gasteiger charge is 2.19. The molecule has 0 aliphatic heterocycles. The Balaban J connectivity index is 2.63. The molecule has 1 aromatic carbocycles. The highest BCUT2D eigenvalue weighted by Crippen LogP contribution is 2.19. The first-order chi connectivity index (χ1) is 10.1. The number of hydrogen-bond acceptors (Lipinski definition) is 5. The molecule has 0 fully saturated rings. The second-order valence-corrected chi connectivity index (χ2v) is 4.39. The first kappa shape index (κ1) is 16.7. The van der Waals surface area contributed by atoms with Crippen LogP contribution in [0.4, 0.5) is 0 Å². The topological polar surface area (TPSA) is 89.9 Å². The van der Waals surface area contributed by atoms with Gasteiger partial charge in [-0.15, -0.1) is 0 Å². The maximum absolute atomic E-state index is 11.9. The van der Waals surface area contributed by atoms with Gasteiger partial charge in [-0.3, -0.25) is 0 Å². The third-order valence-corrected chi connectivity index (χ3v) is 2.72. The summed E-state index contributed by atoms with van der Waals surface area (Å²) >= 11 is 0. The maximum Gasteiger partial charge on any atom is 0.422 e. The smallest absolute Gasteiger partial charge is 0.422 e. The molecular formula is C15H18O6. The molecule has 6 nitrogen and oxygen atoms in total. The quantitative estimate of drug-likeness (QED) is 0.359. The molecular weight excluding hydrogens is 276 g/mol. The van der Waals surface area contributed by atoms with E-state index in [1.54, 1.807) is 6.07 Å². The molecule has 0 bridgehead atoms. The number of hydrogen-bond donors (Lipinski definition) is 1. The molecule has 0 aromatic heterocycles. The van der Waals surface area contributed by atoms with Crippen molar-refractivity contribution >= 4 is 17.9 Å². The lowest BCUT2D eigenvalue weighted by Crippen LogP contribution is -2.20. The summed E-state index contributed by atoms with van der Waals surface area (Å²) < 4.78 is 9.71. The van der Waals surface area contributed by atoms with Crippen LogP contribution >= 0.6 is 0 Å². The predicted molar refractivity (Wildman–Crippen MR) is 74.1 cm³/mol. The lowest BCUT2D eigenvalue weighted by Gasteiger charge is -2.08. The lowest BCUT2D eigenvalue weighted by atomic mass is 10.2. The fourth-order valence-electron chi connectivity index (χ4n) is 1.64. The Bertz CT molecular complexity index is 509. The summed E-state index contributed by atoms with van der Waals surface area (Å²) in [5, 5.41) is 8.51. The Morgan fingerprint density at radius 3 is 2.48 bits per heavy atom. The van der Waals surface area contributed by atoms with Crippen LogP contribution in [0.25, 0.3) is 0 Å². The van der Waals surface area contributed by atoms with Crippen molar-refractivity contribution < 1.29 is 29.0 Å². The van der Waals surface area contributed by atoms with E-state index in [0.29, 0.717) is 0 Å². The SMILES string of the molecule is CCCCCCOC(=O)c1ccccc1OC(=O)C(=O)O. The molecule has 0 saturated carbocycles. The average molecular weight is 294 g/mol. The zero-order valence-electron chi connectivity index (χ0n) is 11.8. The van der Waals surface area contributed by atoms with E-state index < -0.39 is 17.9 Å². The average Bonchev–Trinajstić information content (AvgIpc) is 2.47. The van der Waals surface area contributed by atoms with E-state index in [1.807, 2.05) is 0 Å². The van der Waals surface area contributed by atoms with E-state index in [9.17, 15) is 14.4 Å². The molecule has 0 aliphatic carbocycles. The van der Waals surface area contributed by atoms with Gasteiger partial charge in [0.1, 0.15) is 11.3 Å². The molecule has 0 saturated heterocycles. The van der Waals surface area contributed by atoms with Crippen LogP contribution in [0.5, 0.6) is 5.75 Å². The van der Waals surface area contributed by atoms with Crippen molar-refractivity contribution in [3.05, 3.63) is 29.8 Å². The van der Waals surface area contributed by atoms with Crippen molar-refractivity contribution in [3.63, 3.8) is 0 Å². The Morgan fingerprint density at radius 1 is 1.10 bits per heavy atom. The van der Waals surface area contributed by atoms with Gasteiger partial charge in [-0.2, -0.15) is 0 Å². The minimum atomic E-state index is -1.72. The van der Waals surface area contributed by atoms with Gasteiger partial charge in [0, 0.05) is 0 Å². The van der Waals surface area contributed by atoms with E-state index in [0.717, 1.165) is 25.7 Å². The summed E-state index contributed by atoms with van der Waals surface area (Å²) in [6, 6.07) is 5.86. The van der Waals surface area contributed by atoms with Crippen molar-refractivity contribution in [1.82, 2.24) is 0 Å². The summed E-state index contributed by atoms with van der Waals surface area (Å²) in [7, 11) is 0. The third kappa shape index (κ3) is 5.64. The summed E-state index contributed by atoms with van der Waals surface area (Å²) in [6.45, 7) is 2.36. The van der Waals surface area contributed by atoms with Crippen LogP contribution in [-0.2, 0) is 14.3 Å². The number of rotatable bonds is 7. The van der Waals surface area contributed by atoms with Gasteiger partial charge in [-0.05, 0) is 18.6 Å². The number of carbonyl (C=O) groups excluding carboxylic acids is 2. The molecule has 0 heterocycles. The van der Waals surface area contributed by atoms with Gasteiger partial charge in [0.25, 0.3) is 0 Å². The molecule has 0 unspecified atom stereocenters. The minimum absolute atomic E-state index is 0.0302. The van der Waals surface area contributed by atoms with Crippen molar-refractivity contribution in [2.24, 2.45) is 0 Å². The number of unbranched alkanes of at least 4 members (excludes halogenated alkanes) is 3. The fourth-order valence-corrected chi connectivity index (χ4v) is 1.64. The van der Waals surface area contributed by atoms with Gasteiger partial charge < -0.3 is 14.6 Å². The molecule has 0 aliphatic rings. The van der Waals surface area contributed by atoms with Crippen LogP contribution < -0.4 is 4.74 Å². The van der Waals surface area contributed by atoms with Crippen LogP contribution in [-0.4, -0.2) is 29.6 Å². The van der Waals surface area contributed by atoms with Gasteiger partial charge in [-0.25, -0.2) is 14.4 Å². The van der Waals surface area contributed by atoms with Crippen molar-refractivity contribution in [2.45, 2.75) is 32.6 Å². The molecule has 21 heavy (non-hydrogen) atoms. The standard InChI is InChI=1S/C15H18O6/c1-2-3-4-7-10-20-14(18)11-8-5-6-9-12(11)21-15(19)13(16)17/h5-6,8-9H,2-4,7,10H2,1H3,(H,16,17). The number of para-hydroxylation sites is 1. The summed E-state index contributed by atoms with van der Waals surface area (Å²) in [5.41, 5.74) is 0.0302. The molecule has 0 spiro atoms. The van der Waals surface area contributed by atoms with Crippen molar-refractivity contribution in [2.75, 3.05) is 6.61 Å². The van der Waals surface area contributed by atoms with Gasteiger partial charge in [0.05, 0.1) is 6.61 Å². The second-order valence-electron chi connectivity index (χ2n) is 4.39. The zero-order chi connectivity index (χ0) is 15.7. The van der Waals surface area contributed by atoms with Gasteiger partial charge >= 0.3 is 17.9 Å². The van der Waals surface area contributed by atoms with Crippen molar-refractivity contribution in [1.29, 1.82) is 0 Å². The van der Waals surface area contributed by atoms with Crippen LogP contribution in [0.3, 0.4) is 0 Å². The van der Waals surface area contributed by atoms with Gasteiger partial charge in [0.15, 0.2) is 0 Å². The Hall–Kier alpha value is -2.37. The predicted octanol–water partition coefficient (Wildman–Crippen LogP) is 2.41. The highest BCUT2D eigenvalue weighted by molar-refractivity contribution is 6.29. The molecule has 0 atom stereocenters. The molecule has 6 heteroatoms. The van der Waals surface area contributed by atoms with Crippen LogP contribution in [0.1, 0.15) is 43.0 Å². The van der Waals surface area contributed by atoms with E-state index >= 15 is 0 Å². The lowest BCUT2D eigenvalue weighted by molar-refractivity contribution is -0.158. The van der Waals surface area contributed by atoms with Gasteiger partial charge in [0.2, 0.25) is 0 Å². The van der Waals surface area contributed by atoms with Crippen molar-refractivity contribution in [3.8, 4) is 5.75 Å². The summed E-state index contributed by atoms with van der Waals surface area (Å²) in [4.78, 5) is 33.4. The molecule has 1 aromatic rings. The number of benzene rings is 1. The number of carboxylic acids is 1. The zero-order valence-corrected chi connectivity index (χ0v) is 11.8. The molecule has 1 rings (SSSR count). The highest BCUT2D eigenvalue weighted by atomic mass is 16.6. The number of ether oxygens (including phenoxy) is 2. The number of esters is 2. The number of aliphatic carboxylic acids is 1. The minimum Gasteiger partial charge on any atom is -0.473 e. The summed E-state index contributed by atoms with van der Waals surface area (Å²) in [6.07, 6.45) is 3.89. The summed E-state index contributed by atoms with van der Waals surface area (Å²) in [5.74, 6) is -3.93. The Morgan fingerprint density at radius 2 is 1.81 bits per heavy atom. The first-order valence-electron chi connectivity index (χ1n) is 6.77. The molecule has 0 radical (unpaired) electrons. The molecule has 0 amide bonds. The molecule has 1 N–H and O–H groups in total. The normalized spacial score (nSPS) is 9.95. The third-order valence-electron chi connectivity index (χ3n) is 2.72. The first-order valence-corrected chi connectivity index (χ1v) is 6.77. The Labute approximate surface area is 122 Å². The van der Waals surface area contributed by atoms with E-state index in [-0.39, 0.29) is 17.9 Å². The second kappa shape index (κ2) is 8.73. The number of carbonyl (C=O) groups is 3. The van der Waals surface area contributed by atoms with E-state index in [1.165, 1.54) is 18.2 Å². The fraction of sp³-hybridized carbons (Fsp3) is 0.400. The monoisotopic (exact) mass is 294 g/mol. The van der Waals surface area contributed by atoms with E-state index in [4.69, 9.17) is 9.84 Å².